The van der Waals surface area contributed by atoms with E-state index in [1.54, 1.807) is 0 Å². The summed E-state index contributed by atoms with van der Waals surface area (Å²) in [7, 11) is 0. The van der Waals surface area contributed by atoms with Crippen LogP contribution >= 0.6 is 24.6 Å². The third-order valence-corrected chi connectivity index (χ3v) is 1.78. The smallest absolute Gasteiger partial charge is 0.198 e. The molecule has 0 atom stereocenters. The number of thiol groups is 1. The summed E-state index contributed by atoms with van der Waals surface area (Å²) < 4.78 is 3.50. The second-order valence-electron chi connectivity index (χ2n) is 1.58. The highest BCUT2D eigenvalue weighted by Gasteiger charge is 2.08. The quantitative estimate of drug-likeness (QED) is 0.314. The minimum absolute atomic E-state index is 0.104. The third-order valence-electron chi connectivity index (χ3n) is 0.835. The average molecular weight is 190 g/mol. The first-order valence-corrected chi connectivity index (χ1v) is 4.48. The van der Waals surface area contributed by atoms with Crippen LogP contribution in [0.2, 0.25) is 0 Å². The highest BCUT2D eigenvalue weighted by molar-refractivity contribution is 8.14. The van der Waals surface area contributed by atoms with Crippen molar-refractivity contribution in [2.45, 2.75) is 6.92 Å². The highest BCUT2D eigenvalue weighted by atomic mass is 32.2. The van der Waals surface area contributed by atoms with Gasteiger partial charge in [-0.05, 0) is 13.6 Å². The van der Waals surface area contributed by atoms with E-state index in [2.05, 4.69) is 28.7 Å². The first kappa shape index (κ1) is 10.7. The van der Waals surface area contributed by atoms with E-state index in [0.717, 1.165) is 11.9 Å². The Hall–Kier alpha value is -0.290. The number of carbonyl (C=O) groups excluding carboxylic acids is 1. The van der Waals surface area contributed by atoms with Crippen molar-refractivity contribution >= 4 is 42.1 Å². The molecule has 0 aromatic rings. The number of Topliss-reactive ketones (excluding diaryl/α,β-unsaturated/α-hetero) is 1. The van der Waals surface area contributed by atoms with Crippen LogP contribution < -0.4 is 0 Å². The van der Waals surface area contributed by atoms with Gasteiger partial charge in [0.15, 0.2) is 10.8 Å². The molecule has 62 valence electrons. The summed E-state index contributed by atoms with van der Waals surface area (Å²) in [6.45, 7) is 5.69. The summed E-state index contributed by atoms with van der Waals surface area (Å²) in [4.78, 5) is 14.9. The maximum Gasteiger partial charge on any atom is 0.198 e. The van der Waals surface area contributed by atoms with Crippen LogP contribution in [0.4, 0.5) is 0 Å². The van der Waals surface area contributed by atoms with E-state index in [0.29, 0.717) is 11.6 Å². The van der Waals surface area contributed by atoms with Gasteiger partial charge in [0.05, 0.1) is 5.75 Å². The van der Waals surface area contributed by atoms with E-state index >= 15 is 0 Å². The summed E-state index contributed by atoms with van der Waals surface area (Å²) in [6.07, 6.45) is 0. The van der Waals surface area contributed by atoms with E-state index in [-0.39, 0.29) is 11.5 Å². The minimum Gasteiger partial charge on any atom is -0.291 e. The molecule has 0 spiro atoms. The predicted octanol–water partition coefficient (Wildman–Crippen LogP) is 1.25. The summed E-state index contributed by atoms with van der Waals surface area (Å²) >= 11 is 4.83. The van der Waals surface area contributed by atoms with Crippen LogP contribution in [0, 0.1) is 0 Å². The van der Waals surface area contributed by atoms with Crippen LogP contribution in [-0.4, -0.2) is 29.8 Å². The van der Waals surface area contributed by atoms with Crippen LogP contribution in [0.1, 0.15) is 6.92 Å². The molecule has 0 saturated carbocycles. The van der Waals surface area contributed by atoms with Crippen LogP contribution in [0.3, 0.4) is 0 Å². The number of ketones is 1. The lowest BCUT2D eigenvalue weighted by molar-refractivity contribution is -0.110. The summed E-state index contributed by atoms with van der Waals surface area (Å²) in [5.74, 6) is 0.0639. The molecule has 0 aromatic carbocycles. The SMILES string of the molecule is C=NS/C(=N\CC)C(=O)CS. The van der Waals surface area contributed by atoms with Crippen molar-refractivity contribution in [1.29, 1.82) is 0 Å². The Balaban J connectivity index is 4.20. The summed E-state index contributed by atoms with van der Waals surface area (Å²) in [5, 5.41) is 0.387. The maximum absolute atomic E-state index is 11.0. The van der Waals surface area contributed by atoms with Crippen LogP contribution in [0.15, 0.2) is 9.39 Å². The topological polar surface area (TPSA) is 41.8 Å². The van der Waals surface area contributed by atoms with Gasteiger partial charge in [0.25, 0.3) is 0 Å². The van der Waals surface area contributed by atoms with Gasteiger partial charge in [-0.25, -0.2) is 4.40 Å². The molecule has 0 amide bonds. The van der Waals surface area contributed by atoms with Crippen molar-refractivity contribution < 1.29 is 4.79 Å². The number of aliphatic imine (C=N–C) groups is 1. The second kappa shape index (κ2) is 6.42. The van der Waals surface area contributed by atoms with Crippen molar-refractivity contribution in [3.63, 3.8) is 0 Å². The number of carbonyl (C=O) groups is 1. The Morgan fingerprint density at radius 2 is 2.36 bits per heavy atom. The van der Waals surface area contributed by atoms with E-state index in [9.17, 15) is 4.79 Å². The molecule has 0 saturated heterocycles. The molecule has 0 heterocycles. The molecule has 0 N–H and O–H groups in total. The zero-order valence-corrected chi connectivity index (χ0v) is 7.99. The zero-order valence-electron chi connectivity index (χ0n) is 6.28. The van der Waals surface area contributed by atoms with Gasteiger partial charge >= 0.3 is 0 Å². The molecule has 11 heavy (non-hydrogen) atoms. The first-order valence-electron chi connectivity index (χ1n) is 3.07. The Labute approximate surface area is 75.9 Å². The Morgan fingerprint density at radius 3 is 2.73 bits per heavy atom. The molecule has 0 bridgehead atoms. The van der Waals surface area contributed by atoms with Gasteiger partial charge in [0, 0.05) is 18.5 Å². The second-order valence-corrected chi connectivity index (χ2v) is 2.72. The third kappa shape index (κ3) is 4.21. The molecule has 0 aliphatic carbocycles. The number of hydrogen-bond donors (Lipinski definition) is 1. The van der Waals surface area contributed by atoms with E-state index in [1.165, 1.54) is 0 Å². The highest BCUT2D eigenvalue weighted by Crippen LogP contribution is 2.06. The number of hydrogen-bond acceptors (Lipinski definition) is 5. The summed E-state index contributed by atoms with van der Waals surface area (Å²) in [5.41, 5.74) is 0. The monoisotopic (exact) mass is 190 g/mol. The average Bonchev–Trinajstić information content (AvgIpc) is 2.03. The number of nitrogens with zero attached hydrogens (tertiary/aromatic N) is 2. The molecule has 0 fully saturated rings. The predicted molar refractivity (Wildman–Crippen MR) is 54.0 cm³/mol. The molecule has 0 aromatic heterocycles. The zero-order chi connectivity index (χ0) is 8.69. The van der Waals surface area contributed by atoms with Gasteiger partial charge in [-0.2, -0.15) is 12.6 Å². The minimum atomic E-state index is -0.104. The number of rotatable bonds is 4. The van der Waals surface area contributed by atoms with Gasteiger partial charge < -0.3 is 0 Å². The van der Waals surface area contributed by atoms with Gasteiger partial charge in [0.1, 0.15) is 0 Å². The van der Waals surface area contributed by atoms with E-state index in [4.69, 9.17) is 0 Å². The molecule has 0 aliphatic heterocycles. The van der Waals surface area contributed by atoms with E-state index in [1.807, 2.05) is 6.92 Å². The van der Waals surface area contributed by atoms with Crippen molar-refractivity contribution in [2.75, 3.05) is 12.3 Å². The van der Waals surface area contributed by atoms with Gasteiger partial charge in [-0.15, -0.1) is 0 Å². The van der Waals surface area contributed by atoms with Crippen molar-refractivity contribution in [3.05, 3.63) is 0 Å². The fraction of sp³-hybridized carbons (Fsp3) is 0.500. The molecule has 5 heteroatoms. The molecular formula is C6H10N2OS2. The fourth-order valence-electron chi connectivity index (χ4n) is 0.440. The van der Waals surface area contributed by atoms with Crippen molar-refractivity contribution in [2.24, 2.45) is 9.39 Å². The Morgan fingerprint density at radius 1 is 1.73 bits per heavy atom. The lowest BCUT2D eigenvalue weighted by Crippen LogP contribution is -2.11. The summed E-state index contributed by atoms with van der Waals surface area (Å²) in [6, 6.07) is 0. The van der Waals surface area contributed by atoms with Crippen LogP contribution in [-0.2, 0) is 4.79 Å². The molecular weight excluding hydrogens is 180 g/mol. The molecule has 0 aliphatic rings. The standard InChI is InChI=1S/C6H10N2OS2/c1-3-8-6(11-7-2)5(9)4-10/h10H,2-4H2,1H3/b8-6-. The lowest BCUT2D eigenvalue weighted by Gasteiger charge is -1.96. The molecule has 0 radical (unpaired) electrons. The maximum atomic E-state index is 11.0. The fourth-order valence-corrected chi connectivity index (χ4v) is 1.18. The van der Waals surface area contributed by atoms with Crippen LogP contribution in [0.25, 0.3) is 0 Å². The Bertz CT molecular complexity index is 179. The molecule has 0 unspecified atom stereocenters. The first-order chi connectivity index (χ1) is 5.26. The van der Waals surface area contributed by atoms with Gasteiger partial charge in [-0.3, -0.25) is 9.79 Å². The van der Waals surface area contributed by atoms with E-state index < -0.39 is 0 Å². The van der Waals surface area contributed by atoms with Gasteiger partial charge in [0.2, 0.25) is 0 Å². The van der Waals surface area contributed by atoms with Crippen molar-refractivity contribution in [3.8, 4) is 0 Å². The van der Waals surface area contributed by atoms with Gasteiger partial charge in [-0.1, -0.05) is 0 Å². The molecule has 0 rings (SSSR count). The van der Waals surface area contributed by atoms with Crippen LogP contribution in [0.5, 0.6) is 0 Å². The Kier molecular flexibility index (Phi) is 6.25. The largest absolute Gasteiger partial charge is 0.291 e. The lowest BCUT2D eigenvalue weighted by atomic mass is 10.5. The molecule has 3 nitrogen and oxygen atoms in total. The van der Waals surface area contributed by atoms with Crippen molar-refractivity contribution in [1.82, 2.24) is 0 Å². The normalized spacial score (nSPS) is 11.3.